The molecule has 0 atom stereocenters. The lowest BCUT2D eigenvalue weighted by Gasteiger charge is -2.20. The molecule has 0 aliphatic carbocycles. The number of rotatable bonds is 8. The number of nitrogen functional groups attached to an aromatic ring is 1. The SMILES string of the molecule is COCCN(CCOC)Cc1cnc(N)s1. The summed E-state index contributed by atoms with van der Waals surface area (Å²) in [5.41, 5.74) is 5.59. The lowest BCUT2D eigenvalue weighted by atomic mass is 10.4. The van der Waals surface area contributed by atoms with Gasteiger partial charge in [-0.25, -0.2) is 4.98 Å². The van der Waals surface area contributed by atoms with Crippen molar-refractivity contribution in [3.05, 3.63) is 11.1 Å². The Morgan fingerprint density at radius 1 is 1.31 bits per heavy atom. The van der Waals surface area contributed by atoms with Crippen molar-refractivity contribution in [3.63, 3.8) is 0 Å². The summed E-state index contributed by atoms with van der Waals surface area (Å²) in [6, 6.07) is 0. The third-order valence-corrected chi connectivity index (χ3v) is 2.99. The van der Waals surface area contributed by atoms with Gasteiger partial charge in [0.2, 0.25) is 0 Å². The monoisotopic (exact) mass is 245 g/mol. The van der Waals surface area contributed by atoms with Crippen LogP contribution in [0.2, 0.25) is 0 Å². The van der Waals surface area contributed by atoms with Crippen LogP contribution in [0.1, 0.15) is 4.88 Å². The summed E-state index contributed by atoms with van der Waals surface area (Å²) in [7, 11) is 3.42. The highest BCUT2D eigenvalue weighted by Crippen LogP contribution is 2.16. The topological polar surface area (TPSA) is 60.6 Å². The van der Waals surface area contributed by atoms with Crippen LogP contribution < -0.4 is 5.73 Å². The Morgan fingerprint density at radius 2 is 1.94 bits per heavy atom. The van der Waals surface area contributed by atoms with E-state index in [4.69, 9.17) is 15.2 Å². The number of aromatic nitrogens is 1. The molecule has 0 saturated carbocycles. The van der Waals surface area contributed by atoms with Crippen LogP contribution in [0.25, 0.3) is 0 Å². The van der Waals surface area contributed by atoms with Crippen molar-refractivity contribution in [1.82, 2.24) is 9.88 Å². The zero-order chi connectivity index (χ0) is 11.8. The van der Waals surface area contributed by atoms with Crippen molar-refractivity contribution >= 4 is 16.5 Å². The molecule has 0 fully saturated rings. The predicted octanol–water partition coefficient (Wildman–Crippen LogP) is 0.820. The second-order valence-corrected chi connectivity index (χ2v) is 4.57. The molecule has 5 nitrogen and oxygen atoms in total. The van der Waals surface area contributed by atoms with E-state index >= 15 is 0 Å². The molecular weight excluding hydrogens is 226 g/mol. The van der Waals surface area contributed by atoms with Crippen LogP contribution in [0.5, 0.6) is 0 Å². The molecule has 0 aromatic carbocycles. The van der Waals surface area contributed by atoms with Crippen LogP contribution in [0, 0.1) is 0 Å². The molecule has 0 radical (unpaired) electrons. The van der Waals surface area contributed by atoms with E-state index in [9.17, 15) is 0 Å². The van der Waals surface area contributed by atoms with E-state index in [1.165, 1.54) is 16.2 Å². The molecule has 1 aromatic rings. The minimum absolute atomic E-state index is 0.619. The van der Waals surface area contributed by atoms with Crippen molar-refractivity contribution < 1.29 is 9.47 Å². The molecule has 16 heavy (non-hydrogen) atoms. The second-order valence-electron chi connectivity index (χ2n) is 3.43. The van der Waals surface area contributed by atoms with Crippen LogP contribution in [-0.4, -0.2) is 50.4 Å². The quantitative estimate of drug-likeness (QED) is 0.735. The fourth-order valence-corrected chi connectivity index (χ4v) is 2.05. The Bertz CT molecular complexity index is 285. The molecule has 6 heteroatoms. The van der Waals surface area contributed by atoms with E-state index in [1.54, 1.807) is 14.2 Å². The van der Waals surface area contributed by atoms with Crippen molar-refractivity contribution in [1.29, 1.82) is 0 Å². The van der Waals surface area contributed by atoms with Crippen molar-refractivity contribution in [2.75, 3.05) is 46.3 Å². The van der Waals surface area contributed by atoms with Crippen molar-refractivity contribution in [2.24, 2.45) is 0 Å². The molecule has 1 rings (SSSR count). The van der Waals surface area contributed by atoms with Gasteiger partial charge in [0.05, 0.1) is 13.2 Å². The van der Waals surface area contributed by atoms with Gasteiger partial charge < -0.3 is 15.2 Å². The highest BCUT2D eigenvalue weighted by molar-refractivity contribution is 7.15. The lowest BCUT2D eigenvalue weighted by molar-refractivity contribution is 0.111. The van der Waals surface area contributed by atoms with Crippen LogP contribution in [0.4, 0.5) is 5.13 Å². The van der Waals surface area contributed by atoms with E-state index < -0.39 is 0 Å². The third-order valence-electron chi connectivity index (χ3n) is 2.17. The van der Waals surface area contributed by atoms with E-state index in [1.807, 2.05) is 6.20 Å². The maximum Gasteiger partial charge on any atom is 0.180 e. The zero-order valence-corrected chi connectivity index (χ0v) is 10.6. The average Bonchev–Trinajstić information content (AvgIpc) is 2.68. The normalized spacial score (nSPS) is 11.2. The molecule has 1 heterocycles. The molecule has 0 bridgehead atoms. The molecule has 0 amide bonds. The Morgan fingerprint density at radius 3 is 2.38 bits per heavy atom. The summed E-state index contributed by atoms with van der Waals surface area (Å²) >= 11 is 1.53. The van der Waals surface area contributed by atoms with Crippen molar-refractivity contribution in [3.8, 4) is 0 Å². The highest BCUT2D eigenvalue weighted by Gasteiger charge is 2.07. The molecule has 0 aliphatic rings. The van der Waals surface area contributed by atoms with E-state index in [2.05, 4.69) is 9.88 Å². The Balaban J connectivity index is 2.41. The number of hydrogen-bond donors (Lipinski definition) is 1. The number of anilines is 1. The minimum atomic E-state index is 0.619. The van der Waals surface area contributed by atoms with Gasteiger partial charge in [-0.15, -0.1) is 11.3 Å². The summed E-state index contributed by atoms with van der Waals surface area (Å²) in [4.78, 5) is 7.47. The van der Waals surface area contributed by atoms with Gasteiger partial charge >= 0.3 is 0 Å². The van der Waals surface area contributed by atoms with Crippen LogP contribution in [-0.2, 0) is 16.0 Å². The van der Waals surface area contributed by atoms with Gasteiger partial charge in [0.1, 0.15) is 0 Å². The highest BCUT2D eigenvalue weighted by atomic mass is 32.1. The number of ether oxygens (including phenoxy) is 2. The van der Waals surface area contributed by atoms with Gasteiger partial charge in [-0.05, 0) is 0 Å². The molecule has 0 saturated heterocycles. The number of nitrogens with two attached hydrogens (primary N) is 1. The Labute approximate surface area is 100 Å². The predicted molar refractivity (Wildman–Crippen MR) is 65.6 cm³/mol. The van der Waals surface area contributed by atoms with Gasteiger partial charge in [-0.2, -0.15) is 0 Å². The Kier molecular flexibility index (Phi) is 6.32. The third kappa shape index (κ3) is 4.89. The largest absolute Gasteiger partial charge is 0.383 e. The first-order valence-electron chi connectivity index (χ1n) is 5.16. The molecule has 0 aliphatic heterocycles. The fourth-order valence-electron chi connectivity index (χ4n) is 1.33. The van der Waals surface area contributed by atoms with Crippen molar-refractivity contribution in [2.45, 2.75) is 6.54 Å². The fraction of sp³-hybridized carbons (Fsp3) is 0.700. The molecule has 1 aromatic heterocycles. The summed E-state index contributed by atoms with van der Waals surface area (Å²) < 4.78 is 10.2. The van der Waals surface area contributed by atoms with E-state index in [-0.39, 0.29) is 0 Å². The summed E-state index contributed by atoms with van der Waals surface area (Å²) in [5.74, 6) is 0. The first-order chi connectivity index (χ1) is 7.76. The molecule has 0 spiro atoms. The number of nitrogens with zero attached hydrogens (tertiary/aromatic N) is 2. The van der Waals surface area contributed by atoms with Gasteiger partial charge in [0.15, 0.2) is 5.13 Å². The minimum Gasteiger partial charge on any atom is -0.383 e. The molecular formula is C10H19N3O2S. The number of methoxy groups -OCH3 is 2. The van der Waals surface area contributed by atoms with Gasteiger partial charge in [0.25, 0.3) is 0 Å². The van der Waals surface area contributed by atoms with Crippen LogP contribution >= 0.6 is 11.3 Å². The zero-order valence-electron chi connectivity index (χ0n) is 9.81. The standard InChI is InChI=1S/C10H19N3O2S/c1-14-5-3-13(4-6-15-2)8-9-7-12-10(11)16-9/h7H,3-6,8H2,1-2H3,(H2,11,12). The maximum atomic E-state index is 5.59. The smallest absolute Gasteiger partial charge is 0.180 e. The summed E-state index contributed by atoms with van der Waals surface area (Å²) in [6.45, 7) is 4.06. The van der Waals surface area contributed by atoms with Gasteiger partial charge in [-0.1, -0.05) is 0 Å². The van der Waals surface area contributed by atoms with Gasteiger partial charge in [0, 0.05) is 44.9 Å². The number of thiazole rings is 1. The second kappa shape index (κ2) is 7.56. The average molecular weight is 245 g/mol. The summed E-state index contributed by atoms with van der Waals surface area (Å²) in [5, 5.41) is 0.619. The Hall–Kier alpha value is -0.690. The first-order valence-corrected chi connectivity index (χ1v) is 5.98. The molecule has 92 valence electrons. The van der Waals surface area contributed by atoms with Crippen LogP contribution in [0.3, 0.4) is 0 Å². The maximum absolute atomic E-state index is 5.59. The lowest BCUT2D eigenvalue weighted by Crippen LogP contribution is -2.29. The first kappa shape index (κ1) is 13.4. The molecule has 2 N–H and O–H groups in total. The number of hydrogen-bond acceptors (Lipinski definition) is 6. The van der Waals surface area contributed by atoms with Gasteiger partial charge in [-0.3, -0.25) is 4.90 Å². The van der Waals surface area contributed by atoms with E-state index in [0.717, 1.165) is 32.8 Å². The van der Waals surface area contributed by atoms with Crippen LogP contribution in [0.15, 0.2) is 6.20 Å². The van der Waals surface area contributed by atoms with E-state index in [0.29, 0.717) is 5.13 Å². The summed E-state index contributed by atoms with van der Waals surface area (Å²) in [6.07, 6.45) is 1.83. The molecule has 0 unspecified atom stereocenters.